The Hall–Kier alpha value is 0.870. The number of aliphatic hydroxyl groups excluding tert-OH is 1. The summed E-state index contributed by atoms with van der Waals surface area (Å²) in [6, 6.07) is 0. The first-order valence-corrected chi connectivity index (χ1v) is 12.5. The Morgan fingerprint density at radius 3 is 1.37 bits per heavy atom. The third kappa shape index (κ3) is 21.4. The molecule has 0 amide bonds. The van der Waals surface area contributed by atoms with E-state index >= 15 is 0 Å². The molecule has 0 aliphatic heterocycles. The maximum absolute atomic E-state index is 11.5. The topological polar surface area (TPSA) is 77.4 Å². The van der Waals surface area contributed by atoms with E-state index in [1.807, 2.05) is 0 Å². The van der Waals surface area contributed by atoms with E-state index in [9.17, 15) is 18.1 Å². The van der Waals surface area contributed by atoms with Gasteiger partial charge in [0.15, 0.2) is 0 Å². The minimum absolute atomic E-state index is 0. The minimum Gasteiger partial charge on any atom is -0.748 e. The van der Waals surface area contributed by atoms with Gasteiger partial charge in [-0.05, 0) is 26.2 Å². The van der Waals surface area contributed by atoms with Gasteiger partial charge >= 0.3 is 29.6 Å². The van der Waals surface area contributed by atoms with Crippen molar-refractivity contribution < 1.29 is 47.6 Å². The summed E-state index contributed by atoms with van der Waals surface area (Å²) in [4.78, 5) is 0. The molecule has 2 atom stereocenters. The van der Waals surface area contributed by atoms with Crippen LogP contribution in [0.4, 0.5) is 0 Å². The molecule has 0 aromatic carbocycles. The molecular formula is C21H43NaO4S. The van der Waals surface area contributed by atoms with E-state index in [2.05, 4.69) is 6.92 Å². The zero-order valence-corrected chi connectivity index (χ0v) is 21.1. The van der Waals surface area contributed by atoms with Crippen LogP contribution in [0.25, 0.3) is 0 Å². The van der Waals surface area contributed by atoms with Gasteiger partial charge in [0, 0.05) is 5.25 Å². The van der Waals surface area contributed by atoms with Gasteiger partial charge in [0.2, 0.25) is 0 Å². The summed E-state index contributed by atoms with van der Waals surface area (Å²) in [6.45, 7) is 4.02. The number of hydrogen-bond donors (Lipinski definition) is 1. The van der Waals surface area contributed by atoms with E-state index in [1.165, 1.54) is 38.5 Å². The predicted molar refractivity (Wildman–Crippen MR) is 109 cm³/mol. The SMILES string of the molecule is CCCCCCCCCCCC(CCCCCCCC(C)O)S(=O)(=O)[O-].[Na+]. The summed E-state index contributed by atoms with van der Waals surface area (Å²) >= 11 is 0. The van der Waals surface area contributed by atoms with Crippen molar-refractivity contribution >= 4 is 10.1 Å². The zero-order valence-electron chi connectivity index (χ0n) is 18.3. The first-order valence-electron chi connectivity index (χ1n) is 11.0. The molecule has 0 saturated carbocycles. The Labute approximate surface area is 191 Å². The van der Waals surface area contributed by atoms with Crippen LogP contribution in [-0.2, 0) is 10.1 Å². The molecule has 0 radical (unpaired) electrons. The van der Waals surface area contributed by atoms with E-state index in [1.54, 1.807) is 6.92 Å². The van der Waals surface area contributed by atoms with E-state index in [0.717, 1.165) is 57.8 Å². The second-order valence-corrected chi connectivity index (χ2v) is 9.58. The molecule has 1 N–H and O–H groups in total. The second-order valence-electron chi connectivity index (χ2n) is 7.93. The maximum atomic E-state index is 11.5. The van der Waals surface area contributed by atoms with Crippen molar-refractivity contribution in [1.82, 2.24) is 0 Å². The average Bonchev–Trinajstić information content (AvgIpc) is 2.56. The minimum atomic E-state index is -4.16. The van der Waals surface area contributed by atoms with Crippen molar-refractivity contribution in [3.8, 4) is 0 Å². The van der Waals surface area contributed by atoms with Gasteiger partial charge < -0.3 is 9.66 Å². The third-order valence-corrected chi connectivity index (χ3v) is 6.47. The summed E-state index contributed by atoms with van der Waals surface area (Å²) in [5, 5.41) is 8.51. The zero-order chi connectivity index (χ0) is 19.7. The number of hydrogen-bond acceptors (Lipinski definition) is 4. The third-order valence-electron chi connectivity index (χ3n) is 5.19. The van der Waals surface area contributed by atoms with Crippen LogP contribution in [0.15, 0.2) is 0 Å². The van der Waals surface area contributed by atoms with Crippen LogP contribution in [0.3, 0.4) is 0 Å². The molecule has 27 heavy (non-hydrogen) atoms. The Kier molecular flexibility index (Phi) is 22.4. The molecule has 0 rings (SSSR count). The summed E-state index contributed by atoms with van der Waals surface area (Å²) < 4.78 is 34.4. The maximum Gasteiger partial charge on any atom is 1.00 e. The summed E-state index contributed by atoms with van der Waals surface area (Å²) in [5.74, 6) is 0. The Balaban J connectivity index is 0. The Morgan fingerprint density at radius 1 is 0.704 bits per heavy atom. The number of aliphatic hydroxyl groups is 1. The molecule has 0 spiro atoms. The molecule has 0 aromatic rings. The van der Waals surface area contributed by atoms with Crippen LogP contribution < -0.4 is 29.6 Å². The van der Waals surface area contributed by atoms with Gasteiger partial charge in [0.05, 0.1) is 16.2 Å². The molecule has 0 aromatic heterocycles. The summed E-state index contributed by atoms with van der Waals surface area (Å²) in [6.07, 6.45) is 17.3. The molecule has 4 nitrogen and oxygen atoms in total. The molecule has 0 aliphatic rings. The van der Waals surface area contributed by atoms with Gasteiger partial charge in [-0.3, -0.25) is 0 Å². The molecule has 2 unspecified atom stereocenters. The normalized spacial score (nSPS) is 13.9. The van der Waals surface area contributed by atoms with Crippen LogP contribution in [-0.4, -0.2) is 29.4 Å². The van der Waals surface area contributed by atoms with Gasteiger partial charge in [-0.25, -0.2) is 8.42 Å². The molecule has 0 fully saturated rings. The molecule has 0 heterocycles. The molecule has 0 saturated heterocycles. The Bertz CT molecular complexity index is 399. The van der Waals surface area contributed by atoms with Gasteiger partial charge in [-0.2, -0.15) is 0 Å². The van der Waals surface area contributed by atoms with Crippen molar-refractivity contribution in [2.24, 2.45) is 0 Å². The van der Waals surface area contributed by atoms with Crippen molar-refractivity contribution in [2.75, 3.05) is 0 Å². The van der Waals surface area contributed by atoms with Crippen LogP contribution in [0.2, 0.25) is 0 Å². The fourth-order valence-electron chi connectivity index (χ4n) is 3.46. The van der Waals surface area contributed by atoms with E-state index in [4.69, 9.17) is 0 Å². The van der Waals surface area contributed by atoms with Crippen LogP contribution in [0, 0.1) is 0 Å². The Morgan fingerprint density at radius 2 is 1.04 bits per heavy atom. The van der Waals surface area contributed by atoms with E-state index < -0.39 is 15.4 Å². The quantitative estimate of drug-likeness (QED) is 0.200. The monoisotopic (exact) mass is 414 g/mol. The largest absolute Gasteiger partial charge is 1.00 e. The number of unbranched alkanes of at least 4 members (excludes halogenated alkanes) is 12. The fourth-order valence-corrected chi connectivity index (χ4v) is 4.37. The average molecular weight is 415 g/mol. The van der Waals surface area contributed by atoms with Crippen molar-refractivity contribution in [2.45, 2.75) is 134 Å². The van der Waals surface area contributed by atoms with Crippen molar-refractivity contribution in [3.05, 3.63) is 0 Å². The van der Waals surface area contributed by atoms with Gasteiger partial charge in [0.25, 0.3) is 0 Å². The van der Waals surface area contributed by atoms with Gasteiger partial charge in [-0.15, -0.1) is 0 Å². The fraction of sp³-hybridized carbons (Fsp3) is 1.00. The molecule has 0 aliphatic carbocycles. The smallest absolute Gasteiger partial charge is 0.748 e. The van der Waals surface area contributed by atoms with Gasteiger partial charge in [0.1, 0.15) is 0 Å². The molecular weight excluding hydrogens is 371 g/mol. The van der Waals surface area contributed by atoms with Crippen LogP contribution in [0.1, 0.15) is 123 Å². The first-order chi connectivity index (χ1) is 12.4. The molecule has 6 heteroatoms. The first kappa shape index (κ1) is 30.1. The van der Waals surface area contributed by atoms with Gasteiger partial charge in [-0.1, -0.05) is 96.8 Å². The second kappa shape index (κ2) is 20.2. The molecule has 158 valence electrons. The van der Waals surface area contributed by atoms with E-state index in [-0.39, 0.29) is 35.7 Å². The predicted octanol–water partition coefficient (Wildman–Crippen LogP) is 2.94. The van der Waals surface area contributed by atoms with Crippen molar-refractivity contribution in [1.29, 1.82) is 0 Å². The van der Waals surface area contributed by atoms with Crippen LogP contribution >= 0.6 is 0 Å². The van der Waals surface area contributed by atoms with Crippen molar-refractivity contribution in [3.63, 3.8) is 0 Å². The van der Waals surface area contributed by atoms with E-state index in [0.29, 0.717) is 12.8 Å². The molecule has 0 bridgehead atoms. The van der Waals surface area contributed by atoms with Crippen LogP contribution in [0.5, 0.6) is 0 Å². The summed E-state index contributed by atoms with van der Waals surface area (Å²) in [7, 11) is -4.16. The standard InChI is InChI=1S/C21H44O4S.Na/c1-3-4-5-6-7-8-9-12-15-18-21(26(23,24)25)19-16-13-10-11-14-17-20(2)22;/h20-22H,3-19H2,1-2H3,(H,23,24,25);/q;+1/p-1. The number of rotatable bonds is 19. The summed E-state index contributed by atoms with van der Waals surface area (Å²) in [5.41, 5.74) is 0.